The molecule has 3 atom stereocenters. The van der Waals surface area contributed by atoms with Crippen LogP contribution in [0.3, 0.4) is 0 Å². The maximum absolute atomic E-state index is 11.3. The molecule has 1 aromatic rings. The van der Waals surface area contributed by atoms with Crippen LogP contribution in [0.1, 0.15) is 56.0 Å². The molecule has 3 nitrogen and oxygen atoms in total. The summed E-state index contributed by atoms with van der Waals surface area (Å²) in [4.78, 5) is 11.3. The number of carboxylic acid groups (broad SMARTS) is 1. The maximum atomic E-state index is 11.3. The van der Waals surface area contributed by atoms with Gasteiger partial charge in [-0.15, -0.1) is 0 Å². The topological polar surface area (TPSA) is 49.3 Å². The summed E-state index contributed by atoms with van der Waals surface area (Å²) >= 11 is 0. The van der Waals surface area contributed by atoms with Crippen molar-refractivity contribution in [3.63, 3.8) is 0 Å². The zero-order chi connectivity index (χ0) is 15.3. The van der Waals surface area contributed by atoms with Crippen LogP contribution in [0.25, 0.3) is 0 Å². The predicted molar refractivity (Wildman–Crippen MR) is 83.3 cm³/mol. The van der Waals surface area contributed by atoms with E-state index in [1.165, 1.54) is 19.3 Å². The zero-order valence-electron chi connectivity index (χ0n) is 13.1. The van der Waals surface area contributed by atoms with Crippen molar-refractivity contribution in [3.05, 3.63) is 35.4 Å². The van der Waals surface area contributed by atoms with E-state index in [1.54, 1.807) is 12.1 Å². The number of hydrogen-bond donors (Lipinski definition) is 2. The van der Waals surface area contributed by atoms with Gasteiger partial charge in [0.2, 0.25) is 0 Å². The second kappa shape index (κ2) is 4.84. The van der Waals surface area contributed by atoms with Crippen LogP contribution in [0.4, 0.5) is 0 Å². The first-order valence-electron chi connectivity index (χ1n) is 7.89. The monoisotopic (exact) mass is 287 g/mol. The Labute approximate surface area is 126 Å². The summed E-state index contributed by atoms with van der Waals surface area (Å²) in [6.07, 6.45) is 3.94. The number of carboxylic acids is 1. The van der Waals surface area contributed by atoms with Gasteiger partial charge >= 0.3 is 5.97 Å². The number of rotatable bonds is 4. The molecular weight excluding hydrogens is 262 g/mol. The predicted octanol–water partition coefficient (Wildman–Crippen LogP) is 3.69. The molecule has 2 aliphatic rings. The lowest BCUT2D eigenvalue weighted by Crippen LogP contribution is -2.50. The van der Waals surface area contributed by atoms with Crippen LogP contribution < -0.4 is 5.32 Å². The molecule has 2 fully saturated rings. The number of aromatic carboxylic acids is 1. The fourth-order valence-electron chi connectivity index (χ4n) is 4.91. The van der Waals surface area contributed by atoms with Gasteiger partial charge in [0.15, 0.2) is 0 Å². The molecule has 1 aromatic carbocycles. The minimum absolute atomic E-state index is 0.297. The number of fused-ring (bicyclic) bond motifs is 2. The Morgan fingerprint density at radius 3 is 2.67 bits per heavy atom. The van der Waals surface area contributed by atoms with Gasteiger partial charge in [-0.3, -0.25) is 0 Å². The fourth-order valence-corrected chi connectivity index (χ4v) is 4.91. The smallest absolute Gasteiger partial charge is 0.336 e. The second-order valence-electron chi connectivity index (χ2n) is 7.69. The van der Waals surface area contributed by atoms with E-state index in [4.69, 9.17) is 0 Å². The molecule has 3 heteroatoms. The van der Waals surface area contributed by atoms with Crippen LogP contribution in [0.5, 0.6) is 0 Å². The lowest BCUT2D eigenvalue weighted by Gasteiger charge is -2.43. The van der Waals surface area contributed by atoms with E-state index in [-0.39, 0.29) is 0 Å². The summed E-state index contributed by atoms with van der Waals surface area (Å²) in [6, 6.07) is 7.77. The molecule has 21 heavy (non-hydrogen) atoms. The van der Waals surface area contributed by atoms with Crippen LogP contribution in [-0.2, 0) is 6.54 Å². The van der Waals surface area contributed by atoms with Gasteiger partial charge in [-0.1, -0.05) is 39.0 Å². The summed E-state index contributed by atoms with van der Waals surface area (Å²) in [5, 5.41) is 13.0. The van der Waals surface area contributed by atoms with E-state index in [0.29, 0.717) is 29.0 Å². The third kappa shape index (κ3) is 2.28. The molecule has 0 aliphatic heterocycles. The van der Waals surface area contributed by atoms with E-state index < -0.39 is 5.97 Å². The van der Waals surface area contributed by atoms with Crippen LogP contribution in [0, 0.1) is 16.7 Å². The van der Waals surface area contributed by atoms with E-state index in [1.807, 2.05) is 12.1 Å². The first-order valence-corrected chi connectivity index (χ1v) is 7.89. The standard InChI is InChI=1S/C18H25NO2/c1-17(2)13-8-9-18(3,10-13)16(17)19-11-12-6-4-5-7-14(12)15(20)21/h4-7,13,16,19H,8-11H2,1-3H3,(H,20,21). The highest BCUT2D eigenvalue weighted by Crippen LogP contribution is 2.62. The average Bonchev–Trinajstić information content (AvgIpc) is 2.89. The van der Waals surface area contributed by atoms with Crippen molar-refractivity contribution in [1.29, 1.82) is 0 Å². The lowest BCUT2D eigenvalue weighted by molar-refractivity contribution is 0.0694. The van der Waals surface area contributed by atoms with Crippen molar-refractivity contribution in [2.45, 2.75) is 52.6 Å². The molecule has 2 bridgehead atoms. The molecule has 0 heterocycles. The third-order valence-corrected chi connectivity index (χ3v) is 6.01. The molecule has 3 rings (SSSR count). The molecule has 0 spiro atoms. The van der Waals surface area contributed by atoms with Gasteiger partial charge in [0.05, 0.1) is 5.56 Å². The number of benzene rings is 1. The van der Waals surface area contributed by atoms with Crippen molar-refractivity contribution in [1.82, 2.24) is 5.32 Å². The summed E-state index contributed by atoms with van der Waals surface area (Å²) in [5.41, 5.74) is 1.96. The van der Waals surface area contributed by atoms with Gasteiger partial charge in [-0.05, 0) is 47.6 Å². The van der Waals surface area contributed by atoms with Crippen LogP contribution in [0.15, 0.2) is 24.3 Å². The zero-order valence-corrected chi connectivity index (χ0v) is 13.1. The normalized spacial score (nSPS) is 33.3. The number of hydrogen-bond acceptors (Lipinski definition) is 2. The largest absolute Gasteiger partial charge is 0.478 e. The van der Waals surface area contributed by atoms with Crippen molar-refractivity contribution >= 4 is 5.97 Å². The first kappa shape index (κ1) is 14.6. The van der Waals surface area contributed by atoms with Crippen molar-refractivity contribution in [2.75, 3.05) is 0 Å². The minimum Gasteiger partial charge on any atom is -0.478 e. The Balaban J connectivity index is 1.78. The Bertz CT molecular complexity index is 561. The highest BCUT2D eigenvalue weighted by Gasteiger charge is 2.58. The van der Waals surface area contributed by atoms with Gasteiger partial charge in [-0.2, -0.15) is 0 Å². The van der Waals surface area contributed by atoms with Gasteiger partial charge in [-0.25, -0.2) is 4.79 Å². The van der Waals surface area contributed by atoms with Gasteiger partial charge in [0.25, 0.3) is 0 Å². The van der Waals surface area contributed by atoms with Crippen molar-refractivity contribution < 1.29 is 9.90 Å². The van der Waals surface area contributed by atoms with Crippen LogP contribution >= 0.6 is 0 Å². The van der Waals surface area contributed by atoms with Crippen LogP contribution in [0.2, 0.25) is 0 Å². The molecule has 3 unspecified atom stereocenters. The quantitative estimate of drug-likeness (QED) is 0.888. The molecule has 0 radical (unpaired) electrons. The summed E-state index contributed by atoms with van der Waals surface area (Å²) in [7, 11) is 0. The van der Waals surface area contributed by atoms with Crippen molar-refractivity contribution in [2.24, 2.45) is 16.7 Å². The molecule has 2 N–H and O–H groups in total. The minimum atomic E-state index is -0.842. The van der Waals surface area contributed by atoms with Crippen molar-refractivity contribution in [3.8, 4) is 0 Å². The van der Waals surface area contributed by atoms with E-state index in [2.05, 4.69) is 26.1 Å². The first-order chi connectivity index (χ1) is 9.84. The highest BCUT2D eigenvalue weighted by molar-refractivity contribution is 5.89. The Morgan fingerprint density at radius 2 is 2.05 bits per heavy atom. The van der Waals surface area contributed by atoms with E-state index in [0.717, 1.165) is 11.5 Å². The highest BCUT2D eigenvalue weighted by atomic mass is 16.4. The fraction of sp³-hybridized carbons (Fsp3) is 0.611. The SMILES string of the molecule is CC12CCC(C1)C(C)(C)C2NCc1ccccc1C(=O)O. The number of carbonyl (C=O) groups is 1. The summed E-state index contributed by atoms with van der Waals surface area (Å²) in [5.74, 6) is -0.0412. The molecular formula is C18H25NO2. The second-order valence-corrected chi connectivity index (χ2v) is 7.69. The van der Waals surface area contributed by atoms with Gasteiger partial charge < -0.3 is 10.4 Å². The Morgan fingerprint density at radius 1 is 1.33 bits per heavy atom. The third-order valence-electron chi connectivity index (χ3n) is 6.01. The number of nitrogens with one attached hydrogen (secondary N) is 1. The maximum Gasteiger partial charge on any atom is 0.336 e. The molecule has 2 aliphatic carbocycles. The van der Waals surface area contributed by atoms with Gasteiger partial charge in [0.1, 0.15) is 0 Å². The van der Waals surface area contributed by atoms with E-state index in [9.17, 15) is 9.90 Å². The lowest BCUT2D eigenvalue weighted by atomic mass is 9.68. The molecule has 0 saturated heterocycles. The molecule has 2 saturated carbocycles. The molecule has 0 amide bonds. The van der Waals surface area contributed by atoms with Gasteiger partial charge in [0, 0.05) is 12.6 Å². The van der Waals surface area contributed by atoms with Crippen LogP contribution in [-0.4, -0.2) is 17.1 Å². The summed E-state index contributed by atoms with van der Waals surface area (Å²) in [6.45, 7) is 7.76. The molecule has 114 valence electrons. The van der Waals surface area contributed by atoms with E-state index >= 15 is 0 Å². The average molecular weight is 287 g/mol. The molecule has 0 aromatic heterocycles. The summed E-state index contributed by atoms with van der Waals surface area (Å²) < 4.78 is 0. The Kier molecular flexibility index (Phi) is 3.36. The Hall–Kier alpha value is -1.35.